The van der Waals surface area contributed by atoms with Gasteiger partial charge in [0.25, 0.3) is 0 Å². The van der Waals surface area contributed by atoms with E-state index in [0.29, 0.717) is 12.5 Å². The Kier molecular flexibility index (Phi) is 8.59. The number of carbonyl (C=O) groups is 1. The number of hydrogen-bond acceptors (Lipinski definition) is 4. The van der Waals surface area contributed by atoms with E-state index < -0.39 is 0 Å². The minimum absolute atomic E-state index is 0. The summed E-state index contributed by atoms with van der Waals surface area (Å²) in [5, 5.41) is 6.87. The molecule has 0 spiro atoms. The highest BCUT2D eigenvalue weighted by Gasteiger charge is 2.32. The van der Waals surface area contributed by atoms with E-state index in [1.54, 1.807) is 7.05 Å². The molecule has 1 aromatic heterocycles. The second-order valence-corrected chi connectivity index (χ2v) is 8.54. The van der Waals surface area contributed by atoms with Crippen LogP contribution in [-0.2, 0) is 11.3 Å². The molecule has 2 N–H and O–H groups in total. The smallest absolute Gasteiger partial charge is 0.225 e. The van der Waals surface area contributed by atoms with Gasteiger partial charge in [0, 0.05) is 57.9 Å². The van der Waals surface area contributed by atoms with Gasteiger partial charge in [-0.05, 0) is 43.7 Å². The predicted octanol–water partition coefficient (Wildman–Crippen LogP) is 2.76. The molecule has 1 aromatic rings. The summed E-state index contributed by atoms with van der Waals surface area (Å²) in [6.45, 7) is 4.55. The van der Waals surface area contributed by atoms with Crippen molar-refractivity contribution in [1.29, 1.82) is 0 Å². The van der Waals surface area contributed by atoms with Crippen molar-refractivity contribution in [3.63, 3.8) is 0 Å². The van der Waals surface area contributed by atoms with Crippen molar-refractivity contribution in [2.24, 2.45) is 10.9 Å². The maximum Gasteiger partial charge on any atom is 0.225 e. The van der Waals surface area contributed by atoms with Crippen molar-refractivity contribution in [1.82, 2.24) is 20.5 Å². The number of amides is 1. The largest absolute Gasteiger partial charge is 0.357 e. The Morgan fingerprint density at radius 1 is 1.13 bits per heavy atom. The first kappa shape index (κ1) is 23.1. The Balaban J connectivity index is 0.00000256. The normalized spacial score (nSPS) is 22.3. The van der Waals surface area contributed by atoms with Gasteiger partial charge < -0.3 is 20.4 Å². The second kappa shape index (κ2) is 11.2. The highest BCUT2D eigenvalue weighted by atomic mass is 127. The summed E-state index contributed by atoms with van der Waals surface area (Å²) in [5.41, 5.74) is 1.14. The quantitative estimate of drug-likeness (QED) is 0.351. The van der Waals surface area contributed by atoms with E-state index in [9.17, 15) is 4.79 Å². The monoisotopic (exact) mass is 526 g/mol. The van der Waals surface area contributed by atoms with Gasteiger partial charge in [0.15, 0.2) is 5.96 Å². The van der Waals surface area contributed by atoms with E-state index in [-0.39, 0.29) is 35.9 Å². The first-order valence-corrected chi connectivity index (χ1v) is 11.2. The zero-order valence-corrected chi connectivity index (χ0v) is 20.3. The van der Waals surface area contributed by atoms with E-state index in [2.05, 4.69) is 37.6 Å². The number of rotatable bonds is 5. The van der Waals surface area contributed by atoms with Crippen LogP contribution >= 0.6 is 24.0 Å². The van der Waals surface area contributed by atoms with Crippen LogP contribution in [-0.4, -0.2) is 61.0 Å². The molecule has 0 radical (unpaired) electrons. The van der Waals surface area contributed by atoms with Crippen LogP contribution in [0.1, 0.15) is 50.5 Å². The van der Waals surface area contributed by atoms with Crippen LogP contribution in [0.3, 0.4) is 0 Å². The summed E-state index contributed by atoms with van der Waals surface area (Å²) in [5.74, 6) is 2.49. The van der Waals surface area contributed by atoms with Crippen molar-refractivity contribution in [3.8, 4) is 0 Å². The number of carbonyl (C=O) groups excluding carboxylic acids is 1. The molecule has 2 aliphatic heterocycles. The van der Waals surface area contributed by atoms with Gasteiger partial charge in [0.05, 0.1) is 0 Å². The minimum atomic E-state index is 0. The SMILES string of the molecule is CN=C(NCc1ccc(N2CCCC2)nc1)NC1CCN(C(=O)C2CCCC2)C1.I. The average Bonchev–Trinajstić information content (AvgIpc) is 3.53. The third-order valence-electron chi connectivity index (χ3n) is 6.47. The Morgan fingerprint density at radius 2 is 1.90 bits per heavy atom. The average molecular weight is 526 g/mol. The Bertz CT molecular complexity index is 713. The third kappa shape index (κ3) is 5.76. The maximum atomic E-state index is 12.6. The number of halogens is 1. The lowest BCUT2D eigenvalue weighted by atomic mass is 10.1. The fourth-order valence-corrected chi connectivity index (χ4v) is 4.74. The summed E-state index contributed by atoms with van der Waals surface area (Å²) in [6, 6.07) is 4.52. The molecule has 8 heteroatoms. The van der Waals surface area contributed by atoms with Gasteiger partial charge in [-0.15, -0.1) is 24.0 Å². The molecule has 7 nitrogen and oxygen atoms in total. The number of nitrogens with zero attached hydrogens (tertiary/aromatic N) is 4. The number of aromatic nitrogens is 1. The Labute approximate surface area is 197 Å². The molecule has 1 unspecified atom stereocenters. The van der Waals surface area contributed by atoms with Gasteiger partial charge >= 0.3 is 0 Å². The van der Waals surface area contributed by atoms with Crippen LogP contribution in [0.15, 0.2) is 23.3 Å². The van der Waals surface area contributed by atoms with Crippen LogP contribution in [0.2, 0.25) is 0 Å². The van der Waals surface area contributed by atoms with Gasteiger partial charge in [-0.3, -0.25) is 9.79 Å². The van der Waals surface area contributed by atoms with Crippen LogP contribution in [0.4, 0.5) is 5.82 Å². The van der Waals surface area contributed by atoms with Gasteiger partial charge in [-0.2, -0.15) is 0 Å². The number of aliphatic imine (C=N–C) groups is 1. The van der Waals surface area contributed by atoms with E-state index in [0.717, 1.165) is 62.8 Å². The maximum absolute atomic E-state index is 12.6. The highest BCUT2D eigenvalue weighted by Crippen LogP contribution is 2.27. The van der Waals surface area contributed by atoms with Gasteiger partial charge in [0.2, 0.25) is 5.91 Å². The lowest BCUT2D eigenvalue weighted by Crippen LogP contribution is -2.45. The molecule has 2 saturated heterocycles. The van der Waals surface area contributed by atoms with Crippen LogP contribution in [0, 0.1) is 5.92 Å². The number of guanidine groups is 1. The molecule has 4 rings (SSSR count). The second-order valence-electron chi connectivity index (χ2n) is 8.54. The van der Waals surface area contributed by atoms with E-state index in [1.165, 1.54) is 25.7 Å². The van der Waals surface area contributed by atoms with Gasteiger partial charge in [-0.1, -0.05) is 18.9 Å². The fraction of sp³-hybridized carbons (Fsp3) is 0.682. The van der Waals surface area contributed by atoms with Crippen LogP contribution in [0.5, 0.6) is 0 Å². The fourth-order valence-electron chi connectivity index (χ4n) is 4.74. The molecule has 1 aliphatic carbocycles. The third-order valence-corrected chi connectivity index (χ3v) is 6.47. The van der Waals surface area contributed by atoms with Gasteiger partial charge in [0.1, 0.15) is 5.82 Å². The van der Waals surface area contributed by atoms with Gasteiger partial charge in [-0.25, -0.2) is 4.98 Å². The molecule has 3 aliphatic rings. The first-order valence-electron chi connectivity index (χ1n) is 11.2. The lowest BCUT2D eigenvalue weighted by molar-refractivity contribution is -0.134. The van der Waals surface area contributed by atoms with Crippen molar-refractivity contribution >= 4 is 41.7 Å². The summed E-state index contributed by atoms with van der Waals surface area (Å²) < 4.78 is 0. The number of nitrogens with one attached hydrogen (secondary N) is 2. The molecule has 0 aromatic carbocycles. The van der Waals surface area contributed by atoms with Crippen LogP contribution in [0.25, 0.3) is 0 Å². The molecule has 3 fully saturated rings. The summed E-state index contributed by atoms with van der Waals surface area (Å²) in [7, 11) is 1.79. The molecule has 166 valence electrons. The molecule has 0 bridgehead atoms. The lowest BCUT2D eigenvalue weighted by Gasteiger charge is -2.21. The van der Waals surface area contributed by atoms with Crippen molar-refractivity contribution < 1.29 is 4.79 Å². The summed E-state index contributed by atoms with van der Waals surface area (Å²) in [6.07, 6.45) is 10.0. The summed E-state index contributed by atoms with van der Waals surface area (Å²) >= 11 is 0. The number of likely N-dealkylation sites (tertiary alicyclic amines) is 1. The van der Waals surface area contributed by atoms with E-state index in [1.807, 2.05) is 11.1 Å². The molecule has 30 heavy (non-hydrogen) atoms. The molecule has 1 amide bonds. The zero-order valence-electron chi connectivity index (χ0n) is 18.0. The van der Waals surface area contributed by atoms with Crippen molar-refractivity contribution in [2.75, 3.05) is 38.1 Å². The molecule has 3 heterocycles. The van der Waals surface area contributed by atoms with Crippen molar-refractivity contribution in [2.45, 2.75) is 57.5 Å². The topological polar surface area (TPSA) is 72.9 Å². The molecular formula is C22H35IN6O. The van der Waals surface area contributed by atoms with Crippen LogP contribution < -0.4 is 15.5 Å². The molecule has 1 atom stereocenters. The van der Waals surface area contributed by atoms with Crippen molar-refractivity contribution in [3.05, 3.63) is 23.9 Å². The summed E-state index contributed by atoms with van der Waals surface area (Å²) in [4.78, 5) is 26.0. The predicted molar refractivity (Wildman–Crippen MR) is 131 cm³/mol. The number of anilines is 1. The Morgan fingerprint density at radius 3 is 2.57 bits per heavy atom. The minimum Gasteiger partial charge on any atom is -0.357 e. The van der Waals surface area contributed by atoms with E-state index in [4.69, 9.17) is 0 Å². The molecular weight excluding hydrogens is 491 g/mol. The number of hydrogen-bond donors (Lipinski definition) is 2. The standard InChI is InChI=1S/C22H34N6O.HI/c1-23-22(25-15-17-8-9-20(24-14-17)27-11-4-5-12-27)26-19-10-13-28(16-19)21(29)18-6-2-3-7-18;/h8-9,14,18-19H,2-7,10-13,15-16H2,1H3,(H2,23,25,26);1H. The number of pyridine rings is 1. The molecule has 1 saturated carbocycles. The zero-order chi connectivity index (χ0) is 20.1. The van der Waals surface area contributed by atoms with E-state index >= 15 is 0 Å². The highest BCUT2D eigenvalue weighted by molar-refractivity contribution is 14.0. The first-order chi connectivity index (χ1) is 14.2. The Hall–Kier alpha value is -1.58.